The summed E-state index contributed by atoms with van der Waals surface area (Å²) in [5, 5.41) is 14.4. The number of hydrazone groups is 1. The number of nitrogens with zero attached hydrogens (tertiary/aromatic N) is 2. The number of fused-ring (bicyclic) bond motifs is 1. The van der Waals surface area contributed by atoms with Crippen LogP contribution in [0.25, 0.3) is 22.4 Å². The van der Waals surface area contributed by atoms with Gasteiger partial charge in [0.2, 0.25) is 0 Å². The van der Waals surface area contributed by atoms with Crippen LogP contribution in [0.1, 0.15) is 15.9 Å². The summed E-state index contributed by atoms with van der Waals surface area (Å²) in [6.07, 6.45) is 1.46. The van der Waals surface area contributed by atoms with Gasteiger partial charge < -0.3 is 19.6 Å². The Bertz CT molecular complexity index is 1330. The Kier molecular flexibility index (Phi) is 5.96. The van der Waals surface area contributed by atoms with Gasteiger partial charge in [-0.3, -0.25) is 4.79 Å². The van der Waals surface area contributed by atoms with Gasteiger partial charge in [0.05, 0.1) is 42.1 Å². The fourth-order valence-electron chi connectivity index (χ4n) is 3.19. The summed E-state index contributed by atoms with van der Waals surface area (Å²) in [7, 11) is 3.01. The van der Waals surface area contributed by atoms with E-state index in [4.69, 9.17) is 21.1 Å². The monoisotopic (exact) mass is 450 g/mol. The number of hydrogen-bond donors (Lipinski definition) is 3. The first-order valence-corrected chi connectivity index (χ1v) is 9.91. The Morgan fingerprint density at radius 1 is 1.16 bits per heavy atom. The van der Waals surface area contributed by atoms with E-state index in [9.17, 15) is 9.90 Å². The lowest BCUT2D eigenvalue weighted by molar-refractivity contribution is 0.0955. The van der Waals surface area contributed by atoms with Gasteiger partial charge in [0, 0.05) is 5.56 Å². The molecular formula is C23H19ClN4O4. The summed E-state index contributed by atoms with van der Waals surface area (Å²) in [6.45, 7) is 0. The van der Waals surface area contributed by atoms with Crippen LogP contribution in [-0.2, 0) is 0 Å². The molecule has 9 heteroatoms. The average Bonchev–Trinajstić information content (AvgIpc) is 3.22. The van der Waals surface area contributed by atoms with Gasteiger partial charge >= 0.3 is 0 Å². The van der Waals surface area contributed by atoms with Crippen LogP contribution in [0.15, 0.2) is 59.7 Å². The zero-order chi connectivity index (χ0) is 22.7. The minimum atomic E-state index is -0.395. The maximum absolute atomic E-state index is 12.5. The second-order valence-corrected chi connectivity index (χ2v) is 7.18. The fraction of sp³-hybridized carbons (Fsp3) is 0.0870. The molecule has 3 aromatic carbocycles. The van der Waals surface area contributed by atoms with Crippen LogP contribution in [0.3, 0.4) is 0 Å². The van der Waals surface area contributed by atoms with Crippen molar-refractivity contribution < 1.29 is 19.4 Å². The van der Waals surface area contributed by atoms with Crippen LogP contribution in [0.5, 0.6) is 17.2 Å². The van der Waals surface area contributed by atoms with E-state index in [0.717, 1.165) is 0 Å². The molecule has 0 radical (unpaired) electrons. The number of imidazole rings is 1. The number of halogens is 1. The van der Waals surface area contributed by atoms with Crippen LogP contribution >= 0.6 is 11.6 Å². The lowest BCUT2D eigenvalue weighted by Gasteiger charge is -2.09. The normalized spacial score (nSPS) is 11.1. The number of methoxy groups -OCH3 is 2. The van der Waals surface area contributed by atoms with Crippen LogP contribution < -0.4 is 14.9 Å². The largest absolute Gasteiger partial charge is 0.507 e. The molecule has 1 amide bonds. The SMILES string of the molecule is COc1cc(/C=N/NC(=O)c2ccc3nc(-c4ccccc4O)[nH]c3c2)cc(Cl)c1OC. The lowest BCUT2D eigenvalue weighted by Crippen LogP contribution is -2.17. The number of ether oxygens (including phenoxy) is 2. The number of carbonyl (C=O) groups excluding carboxylic acids is 1. The van der Waals surface area contributed by atoms with Crippen molar-refractivity contribution in [3.63, 3.8) is 0 Å². The molecule has 0 saturated heterocycles. The van der Waals surface area contributed by atoms with Crippen molar-refractivity contribution in [2.45, 2.75) is 0 Å². The first-order chi connectivity index (χ1) is 15.5. The van der Waals surface area contributed by atoms with Crippen molar-refractivity contribution in [1.82, 2.24) is 15.4 Å². The summed E-state index contributed by atoms with van der Waals surface area (Å²) in [6, 6.07) is 15.3. The molecule has 0 aliphatic heterocycles. The number of H-pyrrole nitrogens is 1. The van der Waals surface area contributed by atoms with E-state index >= 15 is 0 Å². The van der Waals surface area contributed by atoms with Gasteiger partial charge in [-0.2, -0.15) is 5.10 Å². The topological polar surface area (TPSA) is 109 Å². The van der Waals surface area contributed by atoms with E-state index in [1.165, 1.54) is 20.4 Å². The van der Waals surface area contributed by atoms with Crippen molar-refractivity contribution in [2.75, 3.05) is 14.2 Å². The molecule has 162 valence electrons. The first kappa shape index (κ1) is 21.2. The predicted octanol–water partition coefficient (Wildman–Crippen LogP) is 4.37. The molecule has 0 bridgehead atoms. The van der Waals surface area contributed by atoms with Crippen molar-refractivity contribution >= 4 is 34.8 Å². The number of aromatic amines is 1. The molecule has 0 spiro atoms. The van der Waals surface area contributed by atoms with Gasteiger partial charge in [-0.05, 0) is 48.0 Å². The van der Waals surface area contributed by atoms with Gasteiger partial charge in [-0.25, -0.2) is 10.4 Å². The van der Waals surface area contributed by atoms with E-state index < -0.39 is 5.91 Å². The predicted molar refractivity (Wildman–Crippen MR) is 123 cm³/mol. The van der Waals surface area contributed by atoms with E-state index in [1.807, 2.05) is 6.07 Å². The first-order valence-electron chi connectivity index (χ1n) is 9.53. The Balaban J connectivity index is 1.52. The molecule has 0 saturated carbocycles. The van der Waals surface area contributed by atoms with Gasteiger partial charge in [0.15, 0.2) is 11.5 Å². The van der Waals surface area contributed by atoms with E-state index in [1.54, 1.807) is 48.5 Å². The van der Waals surface area contributed by atoms with E-state index in [2.05, 4.69) is 20.5 Å². The van der Waals surface area contributed by atoms with Crippen LogP contribution in [-0.4, -0.2) is 41.4 Å². The lowest BCUT2D eigenvalue weighted by atomic mass is 10.2. The highest BCUT2D eigenvalue weighted by Gasteiger charge is 2.12. The highest BCUT2D eigenvalue weighted by molar-refractivity contribution is 6.32. The zero-order valence-corrected chi connectivity index (χ0v) is 18.0. The number of phenolic OH excluding ortho intramolecular Hbond substituents is 1. The van der Waals surface area contributed by atoms with Crippen molar-refractivity contribution in [3.8, 4) is 28.6 Å². The quantitative estimate of drug-likeness (QED) is 0.298. The molecule has 32 heavy (non-hydrogen) atoms. The summed E-state index contributed by atoms with van der Waals surface area (Å²) in [5.74, 6) is 1.12. The molecule has 3 N–H and O–H groups in total. The van der Waals surface area contributed by atoms with Crippen LogP contribution in [0.2, 0.25) is 5.02 Å². The van der Waals surface area contributed by atoms with Crippen molar-refractivity contribution in [1.29, 1.82) is 0 Å². The van der Waals surface area contributed by atoms with Gasteiger partial charge in [-0.15, -0.1) is 0 Å². The third-order valence-corrected chi connectivity index (χ3v) is 5.02. The molecular weight excluding hydrogens is 432 g/mol. The fourth-order valence-corrected chi connectivity index (χ4v) is 3.49. The Morgan fingerprint density at radius 2 is 1.97 bits per heavy atom. The average molecular weight is 451 g/mol. The molecule has 0 aliphatic carbocycles. The maximum Gasteiger partial charge on any atom is 0.271 e. The number of para-hydroxylation sites is 1. The standard InChI is InChI=1S/C23H19ClN4O4/c1-31-20-10-13(9-16(24)21(20)32-2)12-25-28-23(30)14-7-8-17-18(11-14)27-22(26-17)15-5-3-4-6-19(15)29/h3-12,29H,1-2H3,(H,26,27)(H,28,30)/b25-12+. The third kappa shape index (κ3) is 4.21. The van der Waals surface area contributed by atoms with Gasteiger partial charge in [0.25, 0.3) is 5.91 Å². The molecule has 4 rings (SSSR count). The molecule has 0 aliphatic rings. The number of hydrogen-bond acceptors (Lipinski definition) is 6. The van der Waals surface area contributed by atoms with Gasteiger partial charge in [-0.1, -0.05) is 23.7 Å². The minimum absolute atomic E-state index is 0.120. The van der Waals surface area contributed by atoms with E-state index in [-0.39, 0.29) is 5.75 Å². The molecule has 0 atom stereocenters. The summed E-state index contributed by atoms with van der Waals surface area (Å²) in [4.78, 5) is 20.1. The summed E-state index contributed by atoms with van der Waals surface area (Å²) >= 11 is 6.18. The highest BCUT2D eigenvalue weighted by Crippen LogP contribution is 2.35. The Hall–Kier alpha value is -4.04. The Labute approximate surface area is 188 Å². The molecule has 4 aromatic rings. The molecule has 1 aromatic heterocycles. The highest BCUT2D eigenvalue weighted by atomic mass is 35.5. The number of carbonyl (C=O) groups is 1. The number of rotatable bonds is 6. The Morgan fingerprint density at radius 3 is 2.72 bits per heavy atom. The number of aromatic hydroxyl groups is 1. The van der Waals surface area contributed by atoms with Crippen molar-refractivity contribution in [3.05, 3.63) is 70.7 Å². The molecule has 1 heterocycles. The maximum atomic E-state index is 12.5. The molecule has 8 nitrogen and oxygen atoms in total. The number of phenols is 1. The van der Waals surface area contributed by atoms with E-state index in [0.29, 0.717) is 50.1 Å². The molecule has 0 fully saturated rings. The summed E-state index contributed by atoms with van der Waals surface area (Å²) in [5.41, 5.74) is 5.42. The number of nitrogens with one attached hydrogen (secondary N) is 2. The van der Waals surface area contributed by atoms with Crippen LogP contribution in [0.4, 0.5) is 0 Å². The number of amides is 1. The smallest absolute Gasteiger partial charge is 0.271 e. The second-order valence-electron chi connectivity index (χ2n) is 6.77. The van der Waals surface area contributed by atoms with Crippen molar-refractivity contribution in [2.24, 2.45) is 5.10 Å². The number of aromatic nitrogens is 2. The molecule has 0 unspecified atom stereocenters. The minimum Gasteiger partial charge on any atom is -0.507 e. The second kappa shape index (κ2) is 8.99. The zero-order valence-electron chi connectivity index (χ0n) is 17.2. The van der Waals surface area contributed by atoms with Gasteiger partial charge in [0.1, 0.15) is 11.6 Å². The van der Waals surface area contributed by atoms with Crippen LogP contribution in [0, 0.1) is 0 Å². The number of benzene rings is 3. The third-order valence-electron chi connectivity index (χ3n) is 4.74. The summed E-state index contributed by atoms with van der Waals surface area (Å²) < 4.78 is 10.5.